The lowest BCUT2D eigenvalue weighted by Crippen LogP contribution is -2.24. The van der Waals surface area contributed by atoms with Gasteiger partial charge in [0.1, 0.15) is 17.3 Å². The largest absolute Gasteiger partial charge is 0.457 e. The van der Waals surface area contributed by atoms with Crippen LogP contribution in [0.15, 0.2) is 61.1 Å². The van der Waals surface area contributed by atoms with E-state index in [0.29, 0.717) is 36.8 Å². The van der Waals surface area contributed by atoms with Crippen molar-refractivity contribution in [1.82, 2.24) is 19.3 Å². The van der Waals surface area contributed by atoms with Crippen molar-refractivity contribution < 1.29 is 13.9 Å². The van der Waals surface area contributed by atoms with Crippen molar-refractivity contribution in [3.05, 3.63) is 77.5 Å². The summed E-state index contributed by atoms with van der Waals surface area (Å²) < 4.78 is 21.8. The van der Waals surface area contributed by atoms with Gasteiger partial charge in [0.25, 0.3) is 0 Å². The Hall–Kier alpha value is -3.45. The number of nitrogens with zero attached hydrogens (tertiary/aromatic N) is 4. The van der Waals surface area contributed by atoms with Crippen molar-refractivity contribution in [2.75, 3.05) is 6.54 Å². The Labute approximate surface area is 182 Å². The van der Waals surface area contributed by atoms with Gasteiger partial charge in [-0.1, -0.05) is 23.7 Å². The molecule has 1 aliphatic heterocycles. The minimum Gasteiger partial charge on any atom is -0.457 e. The van der Waals surface area contributed by atoms with E-state index >= 15 is 0 Å². The SMILES string of the molecule is O=C1CCCN1Cc1ccc(-c2cn3cccnc3n2)cc1Oc1ccc(Cl)c(F)c1. The van der Waals surface area contributed by atoms with Crippen LogP contribution in [0.1, 0.15) is 18.4 Å². The van der Waals surface area contributed by atoms with Crippen molar-refractivity contribution in [2.24, 2.45) is 0 Å². The minimum absolute atomic E-state index is 0.0289. The third kappa shape index (κ3) is 3.96. The number of fused-ring (bicyclic) bond motifs is 1. The first-order valence-corrected chi connectivity index (χ1v) is 10.3. The van der Waals surface area contributed by atoms with Crippen LogP contribution < -0.4 is 4.74 Å². The highest BCUT2D eigenvalue weighted by atomic mass is 35.5. The molecule has 0 unspecified atom stereocenters. The van der Waals surface area contributed by atoms with Gasteiger partial charge in [0.15, 0.2) is 0 Å². The van der Waals surface area contributed by atoms with Crippen molar-refractivity contribution >= 4 is 23.3 Å². The van der Waals surface area contributed by atoms with Gasteiger partial charge < -0.3 is 9.64 Å². The Morgan fingerprint density at radius 1 is 1.19 bits per heavy atom. The second-order valence-electron chi connectivity index (χ2n) is 7.37. The molecular formula is C23H18ClFN4O2. The van der Waals surface area contributed by atoms with Gasteiger partial charge in [-0.15, -0.1) is 0 Å². The molecule has 0 radical (unpaired) electrons. The molecule has 0 atom stereocenters. The Morgan fingerprint density at radius 3 is 2.87 bits per heavy atom. The molecule has 8 heteroatoms. The molecule has 1 amide bonds. The summed E-state index contributed by atoms with van der Waals surface area (Å²) in [5.74, 6) is 1.01. The van der Waals surface area contributed by atoms with E-state index in [2.05, 4.69) is 9.97 Å². The van der Waals surface area contributed by atoms with Crippen molar-refractivity contribution in [1.29, 1.82) is 0 Å². The van der Waals surface area contributed by atoms with Crippen molar-refractivity contribution in [3.63, 3.8) is 0 Å². The number of likely N-dealkylation sites (tertiary alicyclic amines) is 1. The fourth-order valence-electron chi connectivity index (χ4n) is 3.65. The highest BCUT2D eigenvalue weighted by Gasteiger charge is 2.22. The normalized spacial score (nSPS) is 13.9. The van der Waals surface area contributed by atoms with Crippen LogP contribution in [-0.2, 0) is 11.3 Å². The fourth-order valence-corrected chi connectivity index (χ4v) is 3.77. The Balaban J connectivity index is 1.53. The van der Waals surface area contributed by atoms with Crippen LogP contribution in [0.25, 0.3) is 17.0 Å². The summed E-state index contributed by atoms with van der Waals surface area (Å²) in [4.78, 5) is 22.7. The van der Waals surface area contributed by atoms with E-state index in [1.807, 2.05) is 41.1 Å². The average Bonchev–Trinajstić information content (AvgIpc) is 3.38. The lowest BCUT2D eigenvalue weighted by atomic mass is 10.1. The Kier molecular flexibility index (Phi) is 5.03. The van der Waals surface area contributed by atoms with E-state index < -0.39 is 5.82 Å². The molecule has 0 bridgehead atoms. The maximum atomic E-state index is 13.9. The van der Waals surface area contributed by atoms with Crippen LogP contribution >= 0.6 is 11.6 Å². The highest BCUT2D eigenvalue weighted by molar-refractivity contribution is 6.30. The number of hydrogen-bond donors (Lipinski definition) is 0. The summed E-state index contributed by atoms with van der Waals surface area (Å²) in [6, 6.07) is 11.8. The van der Waals surface area contributed by atoms with E-state index in [-0.39, 0.29) is 10.9 Å². The molecule has 3 heterocycles. The summed E-state index contributed by atoms with van der Waals surface area (Å²) in [5.41, 5.74) is 2.39. The molecule has 6 nitrogen and oxygen atoms in total. The van der Waals surface area contributed by atoms with Gasteiger partial charge in [0.05, 0.1) is 10.7 Å². The number of carbonyl (C=O) groups is 1. The fraction of sp³-hybridized carbons (Fsp3) is 0.174. The van der Waals surface area contributed by atoms with E-state index in [9.17, 15) is 9.18 Å². The molecule has 0 saturated carbocycles. The number of benzene rings is 2. The third-order valence-corrected chi connectivity index (χ3v) is 5.56. The molecule has 1 saturated heterocycles. The zero-order valence-corrected chi connectivity index (χ0v) is 17.2. The number of amides is 1. The van der Waals surface area contributed by atoms with Gasteiger partial charge in [0, 0.05) is 55.3 Å². The zero-order chi connectivity index (χ0) is 21.4. The lowest BCUT2D eigenvalue weighted by Gasteiger charge is -2.19. The minimum atomic E-state index is -0.557. The van der Waals surface area contributed by atoms with Crippen molar-refractivity contribution in [3.8, 4) is 22.8 Å². The second-order valence-corrected chi connectivity index (χ2v) is 7.78. The summed E-state index contributed by atoms with van der Waals surface area (Å²) in [6.45, 7) is 1.14. The molecule has 1 fully saturated rings. The summed E-state index contributed by atoms with van der Waals surface area (Å²) in [7, 11) is 0. The first-order valence-electron chi connectivity index (χ1n) is 9.90. The zero-order valence-electron chi connectivity index (χ0n) is 16.5. The quantitative estimate of drug-likeness (QED) is 0.436. The van der Waals surface area contributed by atoms with Gasteiger partial charge in [-0.3, -0.25) is 9.20 Å². The van der Waals surface area contributed by atoms with Crippen molar-refractivity contribution in [2.45, 2.75) is 19.4 Å². The van der Waals surface area contributed by atoms with Gasteiger partial charge in [-0.2, -0.15) is 0 Å². The Morgan fingerprint density at radius 2 is 2.10 bits per heavy atom. The topological polar surface area (TPSA) is 59.7 Å². The summed E-state index contributed by atoms with van der Waals surface area (Å²) in [6.07, 6.45) is 6.85. The third-order valence-electron chi connectivity index (χ3n) is 5.25. The number of rotatable bonds is 5. The van der Waals surface area contributed by atoms with Crippen LogP contribution in [0.3, 0.4) is 0 Å². The summed E-state index contributed by atoms with van der Waals surface area (Å²) >= 11 is 5.80. The number of ether oxygens (including phenoxy) is 1. The molecule has 1 aliphatic rings. The van der Waals surface area contributed by atoms with E-state index in [0.717, 1.165) is 23.2 Å². The maximum Gasteiger partial charge on any atom is 0.234 e. The van der Waals surface area contributed by atoms with Gasteiger partial charge in [0.2, 0.25) is 11.7 Å². The van der Waals surface area contributed by atoms with Gasteiger partial charge in [-0.05, 0) is 30.7 Å². The molecule has 2 aromatic carbocycles. The number of halogens is 2. The molecule has 0 spiro atoms. The number of hydrogen-bond acceptors (Lipinski definition) is 4. The van der Waals surface area contributed by atoms with E-state index in [1.54, 1.807) is 17.2 Å². The predicted molar refractivity (Wildman–Crippen MR) is 115 cm³/mol. The van der Waals surface area contributed by atoms with Crippen LogP contribution in [0.5, 0.6) is 11.5 Å². The Bertz CT molecular complexity index is 1260. The smallest absolute Gasteiger partial charge is 0.234 e. The molecular weight excluding hydrogens is 419 g/mol. The molecule has 0 N–H and O–H groups in total. The molecule has 0 aliphatic carbocycles. The maximum absolute atomic E-state index is 13.9. The van der Waals surface area contributed by atoms with Gasteiger partial charge in [-0.25, -0.2) is 14.4 Å². The summed E-state index contributed by atoms with van der Waals surface area (Å²) in [5, 5.41) is 0.0289. The lowest BCUT2D eigenvalue weighted by molar-refractivity contribution is -0.128. The highest BCUT2D eigenvalue weighted by Crippen LogP contribution is 2.33. The standard InChI is InChI=1S/C23H18ClFN4O2/c24-18-7-6-17(12-19(18)25)31-21-11-15(20-14-29-10-2-8-26-23(29)27-20)4-5-16(21)13-28-9-1-3-22(28)30/h2,4-8,10-12,14H,1,3,9,13H2. The van der Waals surface area contributed by atoms with Crippen LogP contribution in [0.2, 0.25) is 5.02 Å². The molecule has 156 valence electrons. The molecule has 2 aromatic heterocycles. The first-order chi connectivity index (χ1) is 15.1. The average molecular weight is 437 g/mol. The number of carbonyl (C=O) groups excluding carboxylic acids is 1. The van der Waals surface area contributed by atoms with Crippen LogP contribution in [0, 0.1) is 5.82 Å². The molecule has 31 heavy (non-hydrogen) atoms. The second kappa shape index (κ2) is 8.00. The van der Waals surface area contributed by atoms with Crippen LogP contribution in [-0.4, -0.2) is 31.7 Å². The monoisotopic (exact) mass is 436 g/mol. The predicted octanol–water partition coefficient (Wildman–Crippen LogP) is 5.10. The van der Waals surface area contributed by atoms with E-state index in [4.69, 9.17) is 16.3 Å². The number of imidazole rings is 1. The number of aromatic nitrogens is 3. The van der Waals surface area contributed by atoms with Crippen LogP contribution in [0.4, 0.5) is 4.39 Å². The van der Waals surface area contributed by atoms with E-state index in [1.165, 1.54) is 12.1 Å². The molecule has 5 rings (SSSR count). The molecule has 4 aromatic rings. The first kappa shape index (κ1) is 19.5. The van der Waals surface area contributed by atoms with Gasteiger partial charge >= 0.3 is 0 Å².